The van der Waals surface area contributed by atoms with Crippen LogP contribution in [-0.2, 0) is 16.4 Å². The largest absolute Gasteiger partial charge is 0.416 e. The second-order valence-corrected chi connectivity index (χ2v) is 8.27. The van der Waals surface area contributed by atoms with Crippen molar-refractivity contribution in [3.8, 4) is 0 Å². The summed E-state index contributed by atoms with van der Waals surface area (Å²) in [5, 5.41) is 11.7. The van der Waals surface area contributed by atoms with Crippen LogP contribution in [0.15, 0.2) is 85.5 Å². The van der Waals surface area contributed by atoms with E-state index in [9.17, 15) is 18.0 Å². The Balaban J connectivity index is 1.92. The zero-order valence-corrected chi connectivity index (χ0v) is 18.5. The highest BCUT2D eigenvalue weighted by atomic mass is 19.4. The maximum atomic E-state index is 12.9. The van der Waals surface area contributed by atoms with Crippen LogP contribution >= 0.6 is 0 Å². The fourth-order valence-electron chi connectivity index (χ4n) is 4.23. The Morgan fingerprint density at radius 3 is 2.45 bits per heavy atom. The van der Waals surface area contributed by atoms with E-state index in [1.807, 2.05) is 43.1 Å². The van der Waals surface area contributed by atoms with E-state index in [0.717, 1.165) is 23.4 Å². The Morgan fingerprint density at radius 2 is 1.85 bits per heavy atom. The van der Waals surface area contributed by atoms with Gasteiger partial charge in [0.25, 0.3) is 5.91 Å². The molecule has 1 heterocycles. The summed E-state index contributed by atoms with van der Waals surface area (Å²) in [6.45, 7) is 9.32. The molecule has 0 aliphatic carbocycles. The van der Waals surface area contributed by atoms with E-state index >= 15 is 0 Å². The fraction of sp³-hybridized carbons (Fsp3) is 0.231. The van der Waals surface area contributed by atoms with Crippen molar-refractivity contribution < 1.29 is 18.0 Å². The van der Waals surface area contributed by atoms with E-state index < -0.39 is 23.3 Å². The smallest absolute Gasteiger partial charge is 0.353 e. The summed E-state index contributed by atoms with van der Waals surface area (Å²) < 4.78 is 38.7. The summed E-state index contributed by atoms with van der Waals surface area (Å²) in [7, 11) is 1.86. The van der Waals surface area contributed by atoms with Gasteiger partial charge in [-0.1, -0.05) is 68.6 Å². The highest BCUT2D eigenvalue weighted by molar-refractivity contribution is 6.00. The molecule has 2 N–H and O–H groups in total. The van der Waals surface area contributed by atoms with Gasteiger partial charge in [-0.15, -0.1) is 0 Å². The van der Waals surface area contributed by atoms with Crippen LogP contribution in [0.25, 0.3) is 0 Å². The number of likely N-dealkylation sites (N-methyl/N-ethyl adjacent to an activating group) is 1. The van der Waals surface area contributed by atoms with Crippen LogP contribution in [0.1, 0.15) is 30.0 Å². The van der Waals surface area contributed by atoms with Crippen molar-refractivity contribution in [3.05, 3.63) is 102 Å². The number of alkyl halides is 3. The molecule has 2 aromatic carbocycles. The van der Waals surface area contributed by atoms with Crippen molar-refractivity contribution in [1.82, 2.24) is 5.32 Å². The van der Waals surface area contributed by atoms with E-state index in [1.54, 1.807) is 18.2 Å². The lowest BCUT2D eigenvalue weighted by Gasteiger charge is -2.36. The number of halogens is 3. The standard InChI is InChI=1S/C26H26F3N3O/c1-5-6-9-17(2)23(33)31-24-25(3,20-10-7-8-11-22(20)32(24)4)16-21(30)18-12-14-19(15-13-18)26(27,28)29/h5-15,24,30H,1-2,16H2,3-4H3,(H,31,33)/b9-6-,30-21?/t24-,25+/m1/s1. The topological polar surface area (TPSA) is 56.2 Å². The molecule has 0 aromatic heterocycles. The number of rotatable bonds is 7. The number of carbonyl (C=O) groups is 1. The number of allylic oxidation sites excluding steroid dienone is 2. The van der Waals surface area contributed by atoms with Crippen LogP contribution in [0.5, 0.6) is 0 Å². The van der Waals surface area contributed by atoms with E-state index in [0.29, 0.717) is 5.56 Å². The minimum atomic E-state index is -4.43. The van der Waals surface area contributed by atoms with Gasteiger partial charge in [-0.2, -0.15) is 13.2 Å². The minimum Gasteiger partial charge on any atom is -0.353 e. The number of hydrogen-bond donors (Lipinski definition) is 2. The number of amides is 1. The van der Waals surface area contributed by atoms with Crippen molar-refractivity contribution >= 4 is 17.3 Å². The van der Waals surface area contributed by atoms with Gasteiger partial charge >= 0.3 is 6.18 Å². The Bertz CT molecular complexity index is 1120. The van der Waals surface area contributed by atoms with Crippen molar-refractivity contribution in [2.45, 2.75) is 31.1 Å². The molecule has 2 atom stereocenters. The number of hydrogen-bond acceptors (Lipinski definition) is 3. The monoisotopic (exact) mass is 453 g/mol. The van der Waals surface area contributed by atoms with Gasteiger partial charge in [-0.3, -0.25) is 4.79 Å². The normalized spacial score (nSPS) is 19.9. The maximum Gasteiger partial charge on any atom is 0.416 e. The molecule has 1 aliphatic rings. The molecule has 1 aliphatic heterocycles. The Labute approximate surface area is 191 Å². The number of benzene rings is 2. The van der Waals surface area contributed by atoms with Crippen molar-refractivity contribution in [2.24, 2.45) is 0 Å². The number of nitrogens with one attached hydrogen (secondary N) is 2. The van der Waals surface area contributed by atoms with Gasteiger partial charge in [0.2, 0.25) is 0 Å². The lowest BCUT2D eigenvalue weighted by atomic mass is 9.76. The highest BCUT2D eigenvalue weighted by Crippen LogP contribution is 2.46. The molecule has 0 saturated carbocycles. The molecule has 7 heteroatoms. The number of carbonyl (C=O) groups excluding carboxylic acids is 1. The predicted octanol–water partition coefficient (Wildman–Crippen LogP) is 5.61. The second kappa shape index (κ2) is 9.10. The summed E-state index contributed by atoms with van der Waals surface area (Å²) in [5.74, 6) is -0.356. The molecule has 0 spiro atoms. The van der Waals surface area contributed by atoms with E-state index in [2.05, 4.69) is 18.5 Å². The molecule has 0 bridgehead atoms. The first-order chi connectivity index (χ1) is 15.5. The van der Waals surface area contributed by atoms with Gasteiger partial charge in [0.15, 0.2) is 0 Å². The fourth-order valence-corrected chi connectivity index (χ4v) is 4.23. The summed E-state index contributed by atoms with van der Waals surface area (Å²) in [4.78, 5) is 14.7. The Hall–Kier alpha value is -3.61. The first kappa shape index (κ1) is 24.0. The molecular formula is C26H26F3N3O. The van der Waals surface area contributed by atoms with Crippen molar-refractivity contribution in [3.63, 3.8) is 0 Å². The zero-order chi connectivity index (χ0) is 24.4. The first-order valence-electron chi connectivity index (χ1n) is 10.4. The van der Waals surface area contributed by atoms with Crippen LogP contribution in [0.3, 0.4) is 0 Å². The zero-order valence-electron chi connectivity index (χ0n) is 18.5. The Morgan fingerprint density at radius 1 is 1.21 bits per heavy atom. The van der Waals surface area contributed by atoms with Crippen molar-refractivity contribution in [1.29, 1.82) is 5.41 Å². The van der Waals surface area contributed by atoms with Crippen molar-refractivity contribution in [2.75, 3.05) is 11.9 Å². The molecular weight excluding hydrogens is 427 g/mol. The highest BCUT2D eigenvalue weighted by Gasteiger charge is 2.47. The van der Waals surface area contributed by atoms with Crippen LogP contribution in [0.2, 0.25) is 0 Å². The van der Waals surface area contributed by atoms with E-state index in [4.69, 9.17) is 5.41 Å². The maximum absolute atomic E-state index is 12.9. The van der Waals surface area contributed by atoms with Crippen LogP contribution in [0, 0.1) is 5.41 Å². The van der Waals surface area contributed by atoms with Gasteiger partial charge in [0.1, 0.15) is 6.17 Å². The van der Waals surface area contributed by atoms with Gasteiger partial charge < -0.3 is 15.6 Å². The summed E-state index contributed by atoms with van der Waals surface area (Å²) in [6, 6.07) is 12.3. The lowest BCUT2D eigenvalue weighted by Crippen LogP contribution is -2.54. The molecule has 0 fully saturated rings. The third-order valence-corrected chi connectivity index (χ3v) is 5.99. The number of nitrogens with zero attached hydrogens (tertiary/aromatic N) is 1. The quantitative estimate of drug-likeness (QED) is 0.325. The molecule has 0 saturated heterocycles. The molecule has 33 heavy (non-hydrogen) atoms. The van der Waals surface area contributed by atoms with Crippen LogP contribution < -0.4 is 10.2 Å². The summed E-state index contributed by atoms with van der Waals surface area (Å²) in [5.41, 5.74) is 1.25. The third kappa shape index (κ3) is 4.77. The average Bonchev–Trinajstić information content (AvgIpc) is 2.98. The second-order valence-electron chi connectivity index (χ2n) is 8.27. The molecule has 0 unspecified atom stereocenters. The molecule has 3 rings (SSSR count). The summed E-state index contributed by atoms with van der Waals surface area (Å²) >= 11 is 0. The van der Waals surface area contributed by atoms with Crippen LogP contribution in [0.4, 0.5) is 18.9 Å². The van der Waals surface area contributed by atoms with Crippen LogP contribution in [-0.4, -0.2) is 24.8 Å². The first-order valence-corrected chi connectivity index (χ1v) is 10.4. The molecule has 0 radical (unpaired) electrons. The van der Waals surface area contributed by atoms with E-state index in [1.165, 1.54) is 12.1 Å². The molecule has 2 aromatic rings. The summed E-state index contributed by atoms with van der Waals surface area (Å²) in [6.07, 6.45) is 0.00890. The molecule has 4 nitrogen and oxygen atoms in total. The average molecular weight is 454 g/mol. The van der Waals surface area contributed by atoms with E-state index in [-0.39, 0.29) is 23.6 Å². The number of fused-ring (bicyclic) bond motifs is 1. The minimum absolute atomic E-state index is 0.181. The van der Waals surface area contributed by atoms with Gasteiger partial charge in [-0.25, -0.2) is 0 Å². The SMILES string of the molecule is C=C/C=C\C(=C)C(=O)N[C@@H]1N(C)c2ccccc2[C@]1(C)CC(=N)c1ccc(C(F)(F)F)cc1. The predicted molar refractivity (Wildman–Crippen MR) is 125 cm³/mol. The lowest BCUT2D eigenvalue weighted by molar-refractivity contribution is -0.137. The number of anilines is 1. The number of para-hydroxylation sites is 1. The Kier molecular flexibility index (Phi) is 6.63. The third-order valence-electron chi connectivity index (χ3n) is 5.99. The van der Waals surface area contributed by atoms with Gasteiger partial charge in [0, 0.05) is 35.9 Å². The molecule has 1 amide bonds. The van der Waals surface area contributed by atoms with Gasteiger partial charge in [-0.05, 0) is 29.3 Å². The molecule has 172 valence electrons. The van der Waals surface area contributed by atoms with Gasteiger partial charge in [0.05, 0.1) is 5.56 Å².